The molecule has 2 N–H and O–H groups in total. The quantitative estimate of drug-likeness (QED) is 0.745. The summed E-state index contributed by atoms with van der Waals surface area (Å²) in [5.74, 6) is 0. The van der Waals surface area contributed by atoms with Crippen molar-refractivity contribution in [3.63, 3.8) is 0 Å². The van der Waals surface area contributed by atoms with Gasteiger partial charge in [-0.15, -0.1) is 0 Å². The molecule has 0 aliphatic heterocycles. The monoisotopic (exact) mass is 326 g/mol. The molecule has 3 aromatic rings. The summed E-state index contributed by atoms with van der Waals surface area (Å²) in [7, 11) is 0. The number of carbonyl (C=O) groups is 1. The Hall–Kier alpha value is -2.79. The number of nitrogens with zero attached hydrogens (tertiary/aromatic N) is 2. The SMILES string of the molecule is Cc1ccc(NC(=O)Nc2ccc(-n3cc(Cl)cn3)cc2)cc1. The van der Waals surface area contributed by atoms with Gasteiger partial charge in [-0.2, -0.15) is 5.10 Å². The zero-order valence-corrected chi connectivity index (χ0v) is 13.2. The number of hydrogen-bond acceptors (Lipinski definition) is 2. The molecule has 0 atom stereocenters. The van der Waals surface area contributed by atoms with E-state index < -0.39 is 0 Å². The van der Waals surface area contributed by atoms with Crippen LogP contribution in [-0.4, -0.2) is 15.8 Å². The topological polar surface area (TPSA) is 59.0 Å². The number of nitrogens with one attached hydrogen (secondary N) is 2. The maximum Gasteiger partial charge on any atom is 0.323 e. The van der Waals surface area contributed by atoms with Crippen molar-refractivity contribution in [3.05, 3.63) is 71.5 Å². The largest absolute Gasteiger partial charge is 0.323 e. The lowest BCUT2D eigenvalue weighted by Crippen LogP contribution is -2.19. The molecule has 0 fully saturated rings. The molecule has 23 heavy (non-hydrogen) atoms. The number of urea groups is 1. The van der Waals surface area contributed by atoms with Crippen molar-refractivity contribution < 1.29 is 4.79 Å². The maximum atomic E-state index is 12.0. The van der Waals surface area contributed by atoms with Crippen molar-refractivity contribution in [2.45, 2.75) is 6.92 Å². The van der Waals surface area contributed by atoms with Gasteiger partial charge in [0, 0.05) is 17.6 Å². The lowest BCUT2D eigenvalue weighted by atomic mass is 10.2. The van der Waals surface area contributed by atoms with Crippen molar-refractivity contribution in [1.82, 2.24) is 9.78 Å². The smallest absolute Gasteiger partial charge is 0.308 e. The number of hydrogen-bond donors (Lipinski definition) is 2. The van der Waals surface area contributed by atoms with Crippen molar-refractivity contribution in [2.24, 2.45) is 0 Å². The Bertz CT molecular complexity index is 809. The van der Waals surface area contributed by atoms with Crippen LogP contribution in [0.5, 0.6) is 0 Å². The van der Waals surface area contributed by atoms with E-state index in [1.165, 1.54) is 0 Å². The standard InChI is InChI=1S/C17H15ClN4O/c1-12-2-4-14(5-3-12)20-17(23)21-15-6-8-16(9-7-15)22-11-13(18)10-19-22/h2-11H,1H3,(H2,20,21,23). The van der Waals surface area contributed by atoms with E-state index in [0.717, 1.165) is 16.9 Å². The van der Waals surface area contributed by atoms with E-state index in [0.29, 0.717) is 10.7 Å². The highest BCUT2D eigenvalue weighted by atomic mass is 35.5. The molecule has 0 spiro atoms. The van der Waals surface area contributed by atoms with Crippen LogP contribution in [0, 0.1) is 6.92 Å². The van der Waals surface area contributed by atoms with E-state index in [2.05, 4.69) is 15.7 Å². The third kappa shape index (κ3) is 3.90. The predicted molar refractivity (Wildman–Crippen MR) is 92.4 cm³/mol. The lowest BCUT2D eigenvalue weighted by Gasteiger charge is -2.08. The van der Waals surface area contributed by atoms with Crippen LogP contribution in [0.2, 0.25) is 5.02 Å². The number of aryl methyl sites for hydroxylation is 1. The second kappa shape index (κ2) is 6.54. The highest BCUT2D eigenvalue weighted by molar-refractivity contribution is 6.30. The van der Waals surface area contributed by atoms with Gasteiger partial charge in [-0.1, -0.05) is 29.3 Å². The van der Waals surface area contributed by atoms with E-state index in [-0.39, 0.29) is 6.03 Å². The fourth-order valence-electron chi connectivity index (χ4n) is 2.07. The third-order valence-corrected chi connectivity index (χ3v) is 3.45. The van der Waals surface area contributed by atoms with Gasteiger partial charge in [-0.3, -0.25) is 0 Å². The second-order valence-corrected chi connectivity index (χ2v) is 5.53. The summed E-state index contributed by atoms with van der Waals surface area (Å²) in [6, 6.07) is 14.6. The van der Waals surface area contributed by atoms with Gasteiger partial charge in [0.25, 0.3) is 0 Å². The highest BCUT2D eigenvalue weighted by Crippen LogP contribution is 2.16. The Balaban J connectivity index is 1.63. The molecular weight excluding hydrogens is 312 g/mol. The lowest BCUT2D eigenvalue weighted by molar-refractivity contribution is 0.262. The molecule has 2 aromatic carbocycles. The van der Waals surface area contributed by atoms with Crippen LogP contribution in [0.4, 0.5) is 16.2 Å². The number of halogens is 1. The average Bonchev–Trinajstić information content (AvgIpc) is 2.97. The molecule has 0 aliphatic rings. The first-order valence-corrected chi connectivity index (χ1v) is 7.43. The van der Waals surface area contributed by atoms with E-state index in [1.54, 1.807) is 29.2 Å². The van der Waals surface area contributed by atoms with Crippen LogP contribution in [0.3, 0.4) is 0 Å². The molecular formula is C17H15ClN4O. The van der Waals surface area contributed by atoms with Crippen molar-refractivity contribution in [1.29, 1.82) is 0 Å². The van der Waals surface area contributed by atoms with Crippen LogP contribution < -0.4 is 10.6 Å². The fraction of sp³-hybridized carbons (Fsp3) is 0.0588. The minimum Gasteiger partial charge on any atom is -0.308 e. The highest BCUT2D eigenvalue weighted by Gasteiger charge is 2.04. The van der Waals surface area contributed by atoms with E-state index in [1.807, 2.05) is 43.3 Å². The number of aromatic nitrogens is 2. The zero-order chi connectivity index (χ0) is 16.2. The Morgan fingerprint density at radius 1 is 1.00 bits per heavy atom. The molecule has 5 nitrogen and oxygen atoms in total. The molecule has 0 bridgehead atoms. The number of amides is 2. The predicted octanol–water partition coefficient (Wildman–Crippen LogP) is 4.48. The number of anilines is 2. The van der Waals surface area contributed by atoms with Crippen LogP contribution >= 0.6 is 11.6 Å². The van der Waals surface area contributed by atoms with Gasteiger partial charge < -0.3 is 10.6 Å². The Labute approximate surface area is 138 Å². The maximum absolute atomic E-state index is 12.0. The van der Waals surface area contributed by atoms with Gasteiger partial charge in [0.15, 0.2) is 0 Å². The van der Waals surface area contributed by atoms with Crippen LogP contribution in [0.25, 0.3) is 5.69 Å². The summed E-state index contributed by atoms with van der Waals surface area (Å²) in [6.45, 7) is 2.00. The summed E-state index contributed by atoms with van der Waals surface area (Å²) in [4.78, 5) is 12.0. The molecule has 3 rings (SSSR count). The van der Waals surface area contributed by atoms with Gasteiger partial charge in [0.05, 0.1) is 16.9 Å². The van der Waals surface area contributed by atoms with Crippen molar-refractivity contribution in [3.8, 4) is 5.69 Å². The summed E-state index contributed by atoms with van der Waals surface area (Å²) in [6.07, 6.45) is 3.29. The molecule has 0 saturated carbocycles. The van der Waals surface area contributed by atoms with Gasteiger partial charge in [0.2, 0.25) is 0 Å². The first kappa shape index (κ1) is 15.1. The van der Waals surface area contributed by atoms with Gasteiger partial charge in [-0.25, -0.2) is 9.48 Å². The molecule has 0 unspecified atom stereocenters. The van der Waals surface area contributed by atoms with E-state index in [4.69, 9.17) is 11.6 Å². The normalized spacial score (nSPS) is 10.3. The Morgan fingerprint density at radius 2 is 1.57 bits per heavy atom. The third-order valence-electron chi connectivity index (χ3n) is 3.25. The first-order valence-electron chi connectivity index (χ1n) is 7.05. The van der Waals surface area contributed by atoms with Crippen molar-refractivity contribution >= 4 is 29.0 Å². The van der Waals surface area contributed by atoms with Gasteiger partial charge in [-0.05, 0) is 43.3 Å². The molecule has 2 amide bonds. The average molecular weight is 327 g/mol. The second-order valence-electron chi connectivity index (χ2n) is 5.10. The molecule has 116 valence electrons. The van der Waals surface area contributed by atoms with Gasteiger partial charge >= 0.3 is 6.03 Å². The fourth-order valence-corrected chi connectivity index (χ4v) is 2.21. The summed E-state index contributed by atoms with van der Waals surface area (Å²) < 4.78 is 1.67. The molecule has 0 saturated heterocycles. The van der Waals surface area contributed by atoms with E-state index >= 15 is 0 Å². The molecule has 1 aromatic heterocycles. The Kier molecular flexibility index (Phi) is 4.30. The van der Waals surface area contributed by atoms with Crippen LogP contribution in [0.1, 0.15) is 5.56 Å². The minimum atomic E-state index is -0.288. The summed E-state index contributed by atoms with van der Waals surface area (Å²) in [5, 5.41) is 10.3. The molecule has 6 heteroatoms. The van der Waals surface area contributed by atoms with Crippen LogP contribution in [-0.2, 0) is 0 Å². The minimum absolute atomic E-state index is 0.288. The molecule has 0 radical (unpaired) electrons. The van der Waals surface area contributed by atoms with Crippen LogP contribution in [0.15, 0.2) is 60.9 Å². The Morgan fingerprint density at radius 3 is 2.09 bits per heavy atom. The number of benzene rings is 2. The summed E-state index contributed by atoms with van der Waals surface area (Å²) in [5.41, 5.74) is 3.44. The van der Waals surface area contributed by atoms with Crippen molar-refractivity contribution in [2.75, 3.05) is 10.6 Å². The first-order chi connectivity index (χ1) is 11.1. The number of carbonyl (C=O) groups excluding carboxylic acids is 1. The van der Waals surface area contributed by atoms with E-state index in [9.17, 15) is 4.79 Å². The molecule has 1 heterocycles. The molecule has 0 aliphatic carbocycles. The number of rotatable bonds is 3. The summed E-state index contributed by atoms with van der Waals surface area (Å²) >= 11 is 5.85. The van der Waals surface area contributed by atoms with Gasteiger partial charge in [0.1, 0.15) is 0 Å². The zero-order valence-electron chi connectivity index (χ0n) is 12.5.